The van der Waals surface area contributed by atoms with Gasteiger partial charge in [0.15, 0.2) is 5.11 Å². The lowest BCUT2D eigenvalue weighted by Gasteiger charge is -2.13. The molecule has 9 heteroatoms. The van der Waals surface area contributed by atoms with E-state index in [9.17, 15) is 12.8 Å². The second-order valence-electron chi connectivity index (χ2n) is 5.80. The van der Waals surface area contributed by atoms with E-state index in [4.69, 9.17) is 12.2 Å². The smallest absolute Gasteiger partial charge is 0.242 e. The second kappa shape index (κ2) is 9.03. The summed E-state index contributed by atoms with van der Waals surface area (Å²) >= 11 is 5.21. The van der Waals surface area contributed by atoms with Crippen molar-refractivity contribution in [3.8, 4) is 0 Å². The Morgan fingerprint density at radius 3 is 2.44 bits per heavy atom. The third-order valence-electron chi connectivity index (χ3n) is 3.68. The number of halogens is 1. The fourth-order valence-corrected chi connectivity index (χ4v) is 3.32. The molecule has 2 rings (SSSR count). The molecule has 2 N–H and O–H groups in total. The average Bonchev–Trinajstić information content (AvgIpc) is 2.63. The average molecular weight is 409 g/mol. The van der Waals surface area contributed by atoms with Gasteiger partial charge in [-0.15, -0.1) is 0 Å². The van der Waals surface area contributed by atoms with Crippen LogP contribution >= 0.6 is 12.2 Å². The van der Waals surface area contributed by atoms with E-state index in [2.05, 4.69) is 15.8 Å². The molecule has 0 heterocycles. The van der Waals surface area contributed by atoms with Crippen molar-refractivity contribution in [3.63, 3.8) is 0 Å². The van der Waals surface area contributed by atoms with Crippen LogP contribution in [0.15, 0.2) is 58.5 Å². The lowest BCUT2D eigenvalue weighted by Crippen LogP contribution is -2.26. The Morgan fingerprint density at radius 1 is 1.19 bits per heavy atom. The Bertz CT molecular complexity index is 942. The zero-order valence-corrected chi connectivity index (χ0v) is 16.9. The Kier molecular flexibility index (Phi) is 7.00. The normalized spacial score (nSPS) is 12.1. The molecule has 2 aromatic rings. The molecule has 0 atom stereocenters. The first kappa shape index (κ1) is 20.9. The van der Waals surface area contributed by atoms with Crippen LogP contribution < -0.4 is 10.7 Å². The molecule has 0 saturated heterocycles. The monoisotopic (exact) mass is 408 g/mol. The first-order valence-electron chi connectivity index (χ1n) is 8.16. The number of rotatable bonds is 6. The van der Waals surface area contributed by atoms with Gasteiger partial charge in [0.1, 0.15) is 5.82 Å². The maximum Gasteiger partial charge on any atom is 0.242 e. The number of hydrogen-bond acceptors (Lipinski definition) is 4. The van der Waals surface area contributed by atoms with Crippen LogP contribution in [0.5, 0.6) is 0 Å². The highest BCUT2D eigenvalue weighted by molar-refractivity contribution is 7.89. The van der Waals surface area contributed by atoms with Crippen LogP contribution in [0.25, 0.3) is 0 Å². The number of sulfonamides is 1. The summed E-state index contributed by atoms with van der Waals surface area (Å²) in [5.74, 6) is -0.313. The van der Waals surface area contributed by atoms with Crippen molar-refractivity contribution in [1.82, 2.24) is 9.73 Å². The van der Waals surface area contributed by atoms with Crippen molar-refractivity contribution in [3.05, 3.63) is 59.9 Å². The van der Waals surface area contributed by atoms with Gasteiger partial charge in [-0.25, -0.2) is 17.1 Å². The first-order valence-corrected chi connectivity index (χ1v) is 10.0. The minimum Gasteiger partial charge on any atom is -0.331 e. The SMILES string of the molecule is CC/C(=N/NC(=S)Nc1cccc(S(=O)(=O)N(C)C)c1)c1ccc(F)cc1. The highest BCUT2D eigenvalue weighted by Gasteiger charge is 2.17. The largest absolute Gasteiger partial charge is 0.331 e. The molecule has 2 aromatic carbocycles. The molecule has 0 amide bonds. The van der Waals surface area contributed by atoms with E-state index in [-0.39, 0.29) is 15.8 Å². The van der Waals surface area contributed by atoms with E-state index in [0.717, 1.165) is 9.87 Å². The van der Waals surface area contributed by atoms with Gasteiger partial charge in [-0.3, -0.25) is 5.43 Å². The standard InChI is InChI=1S/C18H21FN4O2S2/c1-4-17(13-8-10-14(19)11-9-13)21-22-18(26)20-15-6-5-7-16(12-15)27(24,25)23(2)3/h5-12H,4H2,1-3H3,(H2,20,22,26)/b21-17-. The molecule has 0 aliphatic carbocycles. The van der Waals surface area contributed by atoms with Crippen molar-refractivity contribution in [2.75, 3.05) is 19.4 Å². The van der Waals surface area contributed by atoms with Gasteiger partial charge in [0.2, 0.25) is 10.0 Å². The van der Waals surface area contributed by atoms with E-state index < -0.39 is 10.0 Å². The van der Waals surface area contributed by atoms with Crippen molar-refractivity contribution >= 4 is 38.8 Å². The van der Waals surface area contributed by atoms with Crippen molar-refractivity contribution in [1.29, 1.82) is 0 Å². The minimum atomic E-state index is -3.53. The van der Waals surface area contributed by atoms with Gasteiger partial charge < -0.3 is 5.32 Å². The summed E-state index contributed by atoms with van der Waals surface area (Å²) in [6, 6.07) is 12.4. The summed E-state index contributed by atoms with van der Waals surface area (Å²) in [6.45, 7) is 1.93. The van der Waals surface area contributed by atoms with Gasteiger partial charge in [-0.2, -0.15) is 5.10 Å². The van der Waals surface area contributed by atoms with Crippen molar-refractivity contribution in [2.45, 2.75) is 18.2 Å². The molecule has 144 valence electrons. The molecule has 0 aromatic heterocycles. The molecule has 0 fully saturated rings. The van der Waals surface area contributed by atoms with Gasteiger partial charge in [0, 0.05) is 19.8 Å². The van der Waals surface area contributed by atoms with Crippen LogP contribution in [0.4, 0.5) is 10.1 Å². The molecule has 27 heavy (non-hydrogen) atoms. The van der Waals surface area contributed by atoms with Gasteiger partial charge in [0.05, 0.1) is 10.6 Å². The maximum absolute atomic E-state index is 13.0. The number of nitrogens with one attached hydrogen (secondary N) is 2. The Hall–Kier alpha value is -2.36. The molecular weight excluding hydrogens is 387 g/mol. The minimum absolute atomic E-state index is 0.157. The summed E-state index contributed by atoms with van der Waals surface area (Å²) in [4.78, 5) is 0.157. The predicted octanol–water partition coefficient (Wildman–Crippen LogP) is 3.18. The van der Waals surface area contributed by atoms with E-state index in [1.807, 2.05) is 6.92 Å². The fourth-order valence-electron chi connectivity index (χ4n) is 2.21. The highest BCUT2D eigenvalue weighted by Crippen LogP contribution is 2.18. The predicted molar refractivity (Wildman–Crippen MR) is 110 cm³/mol. The number of hydrogen-bond donors (Lipinski definition) is 2. The molecule has 0 saturated carbocycles. The van der Waals surface area contributed by atoms with E-state index in [1.165, 1.54) is 38.4 Å². The summed E-state index contributed by atoms with van der Waals surface area (Å²) in [5.41, 5.74) is 4.75. The van der Waals surface area contributed by atoms with Crippen LogP contribution in [-0.4, -0.2) is 37.6 Å². The summed E-state index contributed by atoms with van der Waals surface area (Å²) < 4.78 is 38.6. The van der Waals surface area contributed by atoms with Crippen LogP contribution in [0.2, 0.25) is 0 Å². The summed E-state index contributed by atoms with van der Waals surface area (Å²) in [5, 5.41) is 7.37. The van der Waals surface area contributed by atoms with Crippen LogP contribution in [0.3, 0.4) is 0 Å². The van der Waals surface area contributed by atoms with Crippen molar-refractivity contribution in [2.24, 2.45) is 5.10 Å². The quantitative estimate of drug-likeness (QED) is 0.436. The topological polar surface area (TPSA) is 73.8 Å². The number of hydrazone groups is 1. The zero-order chi connectivity index (χ0) is 20.0. The Balaban J connectivity index is 2.10. The molecule has 0 aliphatic heterocycles. The van der Waals surface area contributed by atoms with Gasteiger partial charge >= 0.3 is 0 Å². The van der Waals surface area contributed by atoms with Crippen LogP contribution in [-0.2, 0) is 10.0 Å². The molecule has 0 unspecified atom stereocenters. The number of nitrogens with zero attached hydrogens (tertiary/aromatic N) is 2. The van der Waals surface area contributed by atoms with Crippen LogP contribution in [0.1, 0.15) is 18.9 Å². The van der Waals surface area contributed by atoms with Gasteiger partial charge in [0.25, 0.3) is 0 Å². The van der Waals surface area contributed by atoms with E-state index in [1.54, 1.807) is 24.3 Å². The van der Waals surface area contributed by atoms with E-state index >= 15 is 0 Å². The molecule has 0 aliphatic rings. The van der Waals surface area contributed by atoms with E-state index in [0.29, 0.717) is 17.8 Å². The first-order chi connectivity index (χ1) is 12.7. The molecule has 0 bridgehead atoms. The lowest BCUT2D eigenvalue weighted by atomic mass is 10.1. The number of benzene rings is 2. The Morgan fingerprint density at radius 2 is 1.85 bits per heavy atom. The third kappa shape index (κ3) is 5.56. The second-order valence-corrected chi connectivity index (χ2v) is 8.36. The maximum atomic E-state index is 13.0. The fraction of sp³-hybridized carbons (Fsp3) is 0.222. The number of anilines is 1. The zero-order valence-electron chi connectivity index (χ0n) is 15.2. The number of thiocarbonyl (C=S) groups is 1. The highest BCUT2D eigenvalue weighted by atomic mass is 32.2. The van der Waals surface area contributed by atoms with Crippen LogP contribution in [0, 0.1) is 5.82 Å². The van der Waals surface area contributed by atoms with Crippen molar-refractivity contribution < 1.29 is 12.8 Å². The molecule has 0 radical (unpaired) electrons. The van der Waals surface area contributed by atoms with Gasteiger partial charge in [-0.05, 0) is 54.5 Å². The molecule has 0 spiro atoms. The molecule has 6 nitrogen and oxygen atoms in total. The van der Waals surface area contributed by atoms with Gasteiger partial charge in [-0.1, -0.05) is 25.1 Å². The molecular formula is C18H21FN4O2S2. The lowest BCUT2D eigenvalue weighted by molar-refractivity contribution is 0.521. The summed E-state index contributed by atoms with van der Waals surface area (Å²) in [6.07, 6.45) is 0.623. The summed E-state index contributed by atoms with van der Waals surface area (Å²) in [7, 11) is -0.592. The Labute approximate surface area is 164 Å². The third-order valence-corrected chi connectivity index (χ3v) is 5.68.